The van der Waals surface area contributed by atoms with Crippen LogP contribution >= 0.6 is 11.6 Å². The summed E-state index contributed by atoms with van der Waals surface area (Å²) in [5, 5.41) is 12.0. The summed E-state index contributed by atoms with van der Waals surface area (Å²) in [6, 6.07) is 12.6. The van der Waals surface area contributed by atoms with Crippen LogP contribution in [0.3, 0.4) is 0 Å². The summed E-state index contributed by atoms with van der Waals surface area (Å²) < 4.78 is 10.5. The smallest absolute Gasteiger partial charge is 0.274 e. The Bertz CT molecular complexity index is 971. The van der Waals surface area contributed by atoms with E-state index >= 15 is 0 Å². The highest BCUT2D eigenvalue weighted by Gasteiger charge is 2.16. The average Bonchev–Trinajstić information content (AvgIpc) is 3.07. The quantitative estimate of drug-likeness (QED) is 0.704. The third-order valence-electron chi connectivity index (χ3n) is 3.94. The lowest BCUT2D eigenvalue weighted by atomic mass is 10.2. The van der Waals surface area contributed by atoms with Crippen LogP contribution in [0.25, 0.3) is 5.69 Å². The molecule has 7 nitrogen and oxygen atoms in total. The average molecular weight is 387 g/mol. The van der Waals surface area contributed by atoms with Gasteiger partial charge in [-0.1, -0.05) is 23.7 Å². The molecule has 0 fully saturated rings. The summed E-state index contributed by atoms with van der Waals surface area (Å²) in [5.41, 5.74) is 2.35. The summed E-state index contributed by atoms with van der Waals surface area (Å²) in [7, 11) is 3.14. The number of benzene rings is 2. The molecule has 1 N–H and O–H groups in total. The minimum absolute atomic E-state index is 0.260. The zero-order valence-corrected chi connectivity index (χ0v) is 15.9. The zero-order chi connectivity index (χ0) is 19.4. The first kappa shape index (κ1) is 18.7. The van der Waals surface area contributed by atoms with Crippen molar-refractivity contribution in [2.45, 2.75) is 13.5 Å². The van der Waals surface area contributed by atoms with E-state index in [2.05, 4.69) is 15.5 Å². The molecular weight excluding hydrogens is 368 g/mol. The number of ether oxygens (including phenoxy) is 2. The Morgan fingerprint density at radius 2 is 1.89 bits per heavy atom. The Balaban J connectivity index is 1.73. The molecule has 2 aromatic carbocycles. The minimum atomic E-state index is -0.310. The molecular formula is C19H19ClN4O3. The highest BCUT2D eigenvalue weighted by Crippen LogP contribution is 2.27. The summed E-state index contributed by atoms with van der Waals surface area (Å²) in [4.78, 5) is 13.9. The number of nitrogens with one attached hydrogen (secondary N) is 1. The number of aryl methyl sites for hydroxylation is 1. The van der Waals surface area contributed by atoms with Crippen LogP contribution in [0.5, 0.6) is 11.5 Å². The van der Waals surface area contributed by atoms with E-state index in [1.54, 1.807) is 45.4 Å². The first-order valence-electron chi connectivity index (χ1n) is 8.21. The highest BCUT2D eigenvalue weighted by atomic mass is 35.5. The molecule has 3 aromatic rings. The molecule has 0 radical (unpaired) electrons. The lowest BCUT2D eigenvalue weighted by Gasteiger charge is -2.10. The maximum absolute atomic E-state index is 12.5. The number of amides is 1. The van der Waals surface area contributed by atoms with Crippen molar-refractivity contribution in [2.75, 3.05) is 14.2 Å². The van der Waals surface area contributed by atoms with Crippen LogP contribution in [-0.2, 0) is 6.54 Å². The molecule has 140 valence electrons. The molecule has 1 heterocycles. The van der Waals surface area contributed by atoms with Gasteiger partial charge in [-0.2, -0.15) is 9.90 Å². The number of methoxy groups -OCH3 is 2. The largest absolute Gasteiger partial charge is 0.493 e. The summed E-state index contributed by atoms with van der Waals surface area (Å²) in [6.07, 6.45) is 0. The first-order valence-corrected chi connectivity index (χ1v) is 8.58. The second-order valence-corrected chi connectivity index (χ2v) is 6.21. The van der Waals surface area contributed by atoms with Crippen LogP contribution in [-0.4, -0.2) is 35.1 Å². The molecule has 0 unspecified atom stereocenters. The van der Waals surface area contributed by atoms with Gasteiger partial charge in [0, 0.05) is 11.6 Å². The lowest BCUT2D eigenvalue weighted by molar-refractivity contribution is 0.0945. The maximum Gasteiger partial charge on any atom is 0.274 e. The van der Waals surface area contributed by atoms with E-state index in [0.29, 0.717) is 34.4 Å². The maximum atomic E-state index is 12.5. The van der Waals surface area contributed by atoms with Crippen LogP contribution < -0.4 is 14.8 Å². The molecule has 27 heavy (non-hydrogen) atoms. The lowest BCUT2D eigenvalue weighted by Crippen LogP contribution is -2.24. The van der Waals surface area contributed by atoms with Crippen LogP contribution in [0.1, 0.15) is 21.7 Å². The third-order valence-corrected chi connectivity index (χ3v) is 4.17. The third kappa shape index (κ3) is 4.20. The van der Waals surface area contributed by atoms with Crippen molar-refractivity contribution in [3.05, 3.63) is 64.4 Å². The van der Waals surface area contributed by atoms with Crippen LogP contribution in [0, 0.1) is 6.92 Å². The molecule has 0 spiro atoms. The molecule has 0 bridgehead atoms. The van der Waals surface area contributed by atoms with Gasteiger partial charge in [-0.3, -0.25) is 4.79 Å². The van der Waals surface area contributed by atoms with Gasteiger partial charge in [0.25, 0.3) is 5.91 Å². The van der Waals surface area contributed by atoms with Gasteiger partial charge in [-0.05, 0) is 42.8 Å². The Labute approximate surface area is 161 Å². The van der Waals surface area contributed by atoms with E-state index in [-0.39, 0.29) is 11.6 Å². The van der Waals surface area contributed by atoms with Gasteiger partial charge in [-0.15, -0.1) is 5.10 Å². The number of nitrogens with zero attached hydrogens (tertiary/aromatic N) is 3. The molecule has 0 aliphatic carbocycles. The van der Waals surface area contributed by atoms with E-state index in [0.717, 1.165) is 5.56 Å². The van der Waals surface area contributed by atoms with E-state index in [1.165, 1.54) is 4.80 Å². The normalized spacial score (nSPS) is 10.5. The minimum Gasteiger partial charge on any atom is -0.493 e. The van der Waals surface area contributed by atoms with Crippen molar-refractivity contribution in [3.8, 4) is 17.2 Å². The fraction of sp³-hybridized carbons (Fsp3) is 0.211. The van der Waals surface area contributed by atoms with Gasteiger partial charge in [0.05, 0.1) is 25.6 Å². The summed E-state index contributed by atoms with van der Waals surface area (Å²) in [6.45, 7) is 2.06. The second kappa shape index (κ2) is 8.09. The zero-order valence-electron chi connectivity index (χ0n) is 15.2. The summed E-state index contributed by atoms with van der Waals surface area (Å²) in [5.74, 6) is 0.927. The van der Waals surface area contributed by atoms with Gasteiger partial charge < -0.3 is 14.8 Å². The Morgan fingerprint density at radius 3 is 2.59 bits per heavy atom. The first-order chi connectivity index (χ1) is 13.0. The predicted molar refractivity (Wildman–Crippen MR) is 102 cm³/mol. The molecule has 8 heteroatoms. The van der Waals surface area contributed by atoms with Crippen LogP contribution in [0.15, 0.2) is 42.5 Å². The van der Waals surface area contributed by atoms with Gasteiger partial charge in [0.15, 0.2) is 17.2 Å². The number of carbonyl (C=O) groups excluding carboxylic acids is 1. The number of hydrogen-bond acceptors (Lipinski definition) is 5. The number of aromatic nitrogens is 3. The predicted octanol–water partition coefficient (Wildman–Crippen LogP) is 3.18. The van der Waals surface area contributed by atoms with Crippen molar-refractivity contribution in [3.63, 3.8) is 0 Å². The van der Waals surface area contributed by atoms with E-state index < -0.39 is 0 Å². The monoisotopic (exact) mass is 386 g/mol. The Kier molecular flexibility index (Phi) is 5.61. The molecule has 0 aliphatic heterocycles. The Morgan fingerprint density at radius 1 is 1.11 bits per heavy atom. The van der Waals surface area contributed by atoms with Crippen molar-refractivity contribution in [2.24, 2.45) is 0 Å². The number of carbonyl (C=O) groups is 1. The summed E-state index contributed by atoms with van der Waals surface area (Å²) >= 11 is 6.00. The van der Waals surface area contributed by atoms with E-state index in [9.17, 15) is 4.79 Å². The van der Waals surface area contributed by atoms with Gasteiger partial charge in [0.2, 0.25) is 0 Å². The van der Waals surface area contributed by atoms with Gasteiger partial charge in [-0.25, -0.2) is 0 Å². The fourth-order valence-corrected chi connectivity index (χ4v) is 2.75. The molecule has 0 saturated heterocycles. The molecule has 0 saturated carbocycles. The molecule has 1 amide bonds. The van der Waals surface area contributed by atoms with Crippen molar-refractivity contribution in [1.29, 1.82) is 0 Å². The molecule has 0 atom stereocenters. The van der Waals surface area contributed by atoms with E-state index in [1.807, 2.05) is 18.2 Å². The SMILES string of the molecule is COc1ccc(CNC(=O)c2nn(-c3cccc(Cl)c3)nc2C)cc1OC. The standard InChI is InChI=1S/C19H19ClN4O3/c1-12-18(23-24(22-12)15-6-4-5-14(20)10-15)19(25)21-11-13-7-8-16(26-2)17(9-13)27-3/h4-10H,11H2,1-3H3,(H,21,25). The highest BCUT2D eigenvalue weighted by molar-refractivity contribution is 6.30. The number of rotatable bonds is 6. The topological polar surface area (TPSA) is 78.3 Å². The van der Waals surface area contributed by atoms with Gasteiger partial charge >= 0.3 is 0 Å². The Hall–Kier alpha value is -3.06. The van der Waals surface area contributed by atoms with Gasteiger partial charge in [0.1, 0.15) is 0 Å². The van der Waals surface area contributed by atoms with Crippen molar-refractivity contribution < 1.29 is 14.3 Å². The molecule has 3 rings (SSSR count). The number of hydrogen-bond donors (Lipinski definition) is 1. The van der Waals surface area contributed by atoms with Crippen molar-refractivity contribution in [1.82, 2.24) is 20.3 Å². The van der Waals surface area contributed by atoms with Crippen LogP contribution in [0.2, 0.25) is 5.02 Å². The fourth-order valence-electron chi connectivity index (χ4n) is 2.56. The van der Waals surface area contributed by atoms with E-state index in [4.69, 9.17) is 21.1 Å². The molecule has 1 aromatic heterocycles. The molecule has 0 aliphatic rings. The van der Waals surface area contributed by atoms with Crippen molar-refractivity contribution >= 4 is 17.5 Å². The second-order valence-electron chi connectivity index (χ2n) is 5.78. The number of halogens is 1. The van der Waals surface area contributed by atoms with Crippen LogP contribution in [0.4, 0.5) is 0 Å².